The van der Waals surface area contributed by atoms with E-state index in [0.29, 0.717) is 17.1 Å². The molecule has 1 amide bonds. The molecule has 0 aliphatic rings. The van der Waals surface area contributed by atoms with Crippen molar-refractivity contribution in [2.24, 2.45) is 5.92 Å². The first-order chi connectivity index (χ1) is 10.4. The molecule has 0 radical (unpaired) electrons. The maximum Gasteiger partial charge on any atom is 0.326 e. The number of rotatable bonds is 5. The topological polar surface area (TPSA) is 97.1 Å². The molecule has 2 heterocycles. The van der Waals surface area contributed by atoms with E-state index in [2.05, 4.69) is 15.4 Å². The lowest BCUT2D eigenvalue weighted by molar-refractivity contribution is -0.140. The molecule has 0 saturated heterocycles. The predicted molar refractivity (Wildman–Crippen MR) is 79.8 cm³/mol. The standard InChI is InChI=1S/C15H18N4O3/c1-9(2)13(15(21)22)18-14(20)11-8-17-19(10(11)3)12-6-4-5-7-16-12/h4-9,13H,1-3H3,(H,18,20)(H,21,22). The minimum atomic E-state index is -1.06. The number of carbonyl (C=O) groups is 2. The second kappa shape index (κ2) is 6.38. The number of hydrogen-bond donors (Lipinski definition) is 2. The van der Waals surface area contributed by atoms with Crippen LogP contribution in [0, 0.1) is 12.8 Å². The summed E-state index contributed by atoms with van der Waals surface area (Å²) in [7, 11) is 0. The van der Waals surface area contributed by atoms with Crippen molar-refractivity contribution >= 4 is 11.9 Å². The van der Waals surface area contributed by atoms with Gasteiger partial charge in [0, 0.05) is 6.20 Å². The van der Waals surface area contributed by atoms with Gasteiger partial charge in [0.15, 0.2) is 5.82 Å². The Bertz CT molecular complexity index is 679. The highest BCUT2D eigenvalue weighted by molar-refractivity contribution is 5.97. The molecular formula is C15H18N4O3. The van der Waals surface area contributed by atoms with Gasteiger partial charge in [-0.25, -0.2) is 14.5 Å². The molecule has 2 aromatic rings. The quantitative estimate of drug-likeness (QED) is 0.870. The molecule has 1 unspecified atom stereocenters. The fraction of sp³-hybridized carbons (Fsp3) is 0.333. The Morgan fingerprint density at radius 3 is 2.59 bits per heavy atom. The highest BCUT2D eigenvalue weighted by atomic mass is 16.4. The van der Waals surface area contributed by atoms with Crippen LogP contribution in [0.2, 0.25) is 0 Å². The van der Waals surface area contributed by atoms with E-state index in [4.69, 9.17) is 5.11 Å². The van der Waals surface area contributed by atoms with Crippen LogP contribution in [0.4, 0.5) is 0 Å². The third-order valence-electron chi connectivity index (χ3n) is 3.34. The molecule has 0 bridgehead atoms. The molecule has 0 aromatic carbocycles. The first-order valence-electron chi connectivity index (χ1n) is 6.91. The average Bonchev–Trinajstić information content (AvgIpc) is 2.86. The Morgan fingerprint density at radius 2 is 2.05 bits per heavy atom. The minimum absolute atomic E-state index is 0.215. The van der Waals surface area contributed by atoms with E-state index in [1.807, 2.05) is 6.07 Å². The normalized spacial score (nSPS) is 12.2. The summed E-state index contributed by atoms with van der Waals surface area (Å²) in [5.74, 6) is -1.14. The summed E-state index contributed by atoms with van der Waals surface area (Å²) in [6, 6.07) is 4.44. The van der Waals surface area contributed by atoms with Gasteiger partial charge in [-0.3, -0.25) is 4.79 Å². The van der Waals surface area contributed by atoms with E-state index in [1.165, 1.54) is 6.20 Å². The van der Waals surface area contributed by atoms with Gasteiger partial charge in [0.05, 0.1) is 17.5 Å². The van der Waals surface area contributed by atoms with Crippen molar-refractivity contribution in [1.82, 2.24) is 20.1 Å². The second-order valence-electron chi connectivity index (χ2n) is 5.28. The number of amides is 1. The number of carbonyl (C=O) groups excluding carboxylic acids is 1. The number of nitrogens with one attached hydrogen (secondary N) is 1. The van der Waals surface area contributed by atoms with Crippen LogP contribution in [0.1, 0.15) is 29.9 Å². The number of carboxylic acids is 1. The number of nitrogens with zero attached hydrogens (tertiary/aromatic N) is 3. The van der Waals surface area contributed by atoms with Crippen LogP contribution in [0.5, 0.6) is 0 Å². The van der Waals surface area contributed by atoms with Crippen LogP contribution in [0.15, 0.2) is 30.6 Å². The maximum absolute atomic E-state index is 12.3. The SMILES string of the molecule is Cc1c(C(=O)NC(C(=O)O)C(C)C)cnn1-c1ccccn1. The van der Waals surface area contributed by atoms with Crippen molar-refractivity contribution in [3.8, 4) is 5.82 Å². The van der Waals surface area contributed by atoms with Gasteiger partial charge in [-0.15, -0.1) is 0 Å². The molecule has 116 valence electrons. The third-order valence-corrected chi connectivity index (χ3v) is 3.34. The van der Waals surface area contributed by atoms with Crippen molar-refractivity contribution in [2.45, 2.75) is 26.8 Å². The van der Waals surface area contributed by atoms with Crippen LogP contribution < -0.4 is 5.32 Å². The van der Waals surface area contributed by atoms with Gasteiger partial charge in [-0.2, -0.15) is 5.10 Å². The number of pyridine rings is 1. The smallest absolute Gasteiger partial charge is 0.326 e. The molecule has 0 spiro atoms. The molecule has 2 aromatic heterocycles. The molecule has 2 N–H and O–H groups in total. The fourth-order valence-corrected chi connectivity index (χ4v) is 2.08. The molecule has 7 nitrogen and oxygen atoms in total. The van der Waals surface area contributed by atoms with Crippen molar-refractivity contribution in [3.63, 3.8) is 0 Å². The molecule has 2 rings (SSSR count). The summed E-state index contributed by atoms with van der Waals surface area (Å²) in [5.41, 5.74) is 0.932. The number of aromatic nitrogens is 3. The van der Waals surface area contributed by atoms with E-state index in [9.17, 15) is 9.59 Å². The number of carboxylic acid groups (broad SMARTS) is 1. The molecule has 7 heteroatoms. The highest BCUT2D eigenvalue weighted by Crippen LogP contribution is 2.13. The molecule has 22 heavy (non-hydrogen) atoms. The number of hydrogen-bond acceptors (Lipinski definition) is 4. The zero-order valence-corrected chi connectivity index (χ0v) is 12.6. The summed E-state index contributed by atoms with van der Waals surface area (Å²) in [6.45, 7) is 5.22. The molecule has 0 fully saturated rings. The number of aliphatic carboxylic acids is 1. The summed E-state index contributed by atoms with van der Waals surface area (Å²) < 4.78 is 1.54. The first-order valence-corrected chi connectivity index (χ1v) is 6.91. The van der Waals surface area contributed by atoms with Crippen molar-refractivity contribution in [1.29, 1.82) is 0 Å². The van der Waals surface area contributed by atoms with E-state index in [0.717, 1.165) is 0 Å². The van der Waals surface area contributed by atoms with Crippen LogP contribution in [0.25, 0.3) is 5.82 Å². The van der Waals surface area contributed by atoms with Crippen LogP contribution in [-0.4, -0.2) is 37.8 Å². The Morgan fingerprint density at radius 1 is 1.32 bits per heavy atom. The van der Waals surface area contributed by atoms with Gasteiger partial charge < -0.3 is 10.4 Å². The maximum atomic E-state index is 12.3. The van der Waals surface area contributed by atoms with E-state index in [1.54, 1.807) is 43.8 Å². The summed E-state index contributed by atoms with van der Waals surface area (Å²) >= 11 is 0. The van der Waals surface area contributed by atoms with Gasteiger partial charge in [-0.1, -0.05) is 19.9 Å². The summed E-state index contributed by atoms with van der Waals surface area (Å²) in [6.07, 6.45) is 3.05. The van der Waals surface area contributed by atoms with Crippen LogP contribution in [0.3, 0.4) is 0 Å². The van der Waals surface area contributed by atoms with Crippen molar-refractivity contribution in [2.75, 3.05) is 0 Å². The van der Waals surface area contributed by atoms with Crippen molar-refractivity contribution in [3.05, 3.63) is 41.9 Å². The second-order valence-corrected chi connectivity index (χ2v) is 5.28. The first kappa shape index (κ1) is 15.7. The minimum Gasteiger partial charge on any atom is -0.480 e. The van der Waals surface area contributed by atoms with E-state index < -0.39 is 17.9 Å². The monoisotopic (exact) mass is 302 g/mol. The predicted octanol–water partition coefficient (Wildman–Crippen LogP) is 1.41. The average molecular weight is 302 g/mol. The van der Waals surface area contributed by atoms with Crippen molar-refractivity contribution < 1.29 is 14.7 Å². The lowest BCUT2D eigenvalue weighted by atomic mass is 10.0. The van der Waals surface area contributed by atoms with E-state index in [-0.39, 0.29) is 5.92 Å². The zero-order chi connectivity index (χ0) is 16.3. The Hall–Kier alpha value is -2.70. The lowest BCUT2D eigenvalue weighted by Gasteiger charge is -2.17. The fourth-order valence-electron chi connectivity index (χ4n) is 2.08. The molecule has 0 aliphatic carbocycles. The molecular weight excluding hydrogens is 284 g/mol. The Labute approximate surface area is 128 Å². The summed E-state index contributed by atoms with van der Waals surface area (Å²) in [5, 5.41) is 15.8. The largest absolute Gasteiger partial charge is 0.480 e. The Kier molecular flexibility index (Phi) is 4.55. The van der Waals surface area contributed by atoms with E-state index >= 15 is 0 Å². The lowest BCUT2D eigenvalue weighted by Crippen LogP contribution is -2.44. The zero-order valence-electron chi connectivity index (χ0n) is 12.6. The van der Waals surface area contributed by atoms with Crippen LogP contribution in [-0.2, 0) is 4.79 Å². The molecule has 0 saturated carbocycles. The summed E-state index contributed by atoms with van der Waals surface area (Å²) in [4.78, 5) is 27.6. The van der Waals surface area contributed by atoms with Gasteiger partial charge >= 0.3 is 5.97 Å². The molecule has 1 atom stereocenters. The van der Waals surface area contributed by atoms with Gasteiger partial charge in [0.1, 0.15) is 6.04 Å². The molecule has 0 aliphatic heterocycles. The van der Waals surface area contributed by atoms with Gasteiger partial charge in [0.2, 0.25) is 0 Å². The highest BCUT2D eigenvalue weighted by Gasteiger charge is 2.25. The van der Waals surface area contributed by atoms with Crippen LogP contribution >= 0.6 is 0 Å². The van der Waals surface area contributed by atoms with Gasteiger partial charge in [0.25, 0.3) is 5.91 Å². The third kappa shape index (κ3) is 3.13. The van der Waals surface area contributed by atoms with Gasteiger partial charge in [-0.05, 0) is 25.0 Å². The Balaban J connectivity index is 2.25.